The first kappa shape index (κ1) is 16.8. The van der Waals surface area contributed by atoms with E-state index in [2.05, 4.69) is 41.0 Å². The third kappa shape index (κ3) is 4.71. The van der Waals surface area contributed by atoms with Crippen LogP contribution in [0.5, 0.6) is 5.75 Å². The van der Waals surface area contributed by atoms with Gasteiger partial charge in [0.25, 0.3) is 0 Å². The predicted molar refractivity (Wildman–Crippen MR) is 95.9 cm³/mol. The lowest BCUT2D eigenvalue weighted by Crippen LogP contribution is -2.50. The average Bonchev–Trinajstić information content (AvgIpc) is 2.58. The van der Waals surface area contributed by atoms with Crippen molar-refractivity contribution in [2.45, 2.75) is 52.1 Å². The molecule has 1 aromatic rings. The largest absolute Gasteiger partial charge is 0.494 e. The summed E-state index contributed by atoms with van der Waals surface area (Å²) in [5, 5.41) is 0. The molecule has 3 rings (SSSR count). The lowest BCUT2D eigenvalue weighted by atomic mass is 9.86. The molecule has 0 bridgehead atoms. The van der Waals surface area contributed by atoms with Crippen LogP contribution in [0.1, 0.15) is 45.1 Å². The van der Waals surface area contributed by atoms with Crippen molar-refractivity contribution in [2.24, 2.45) is 5.92 Å². The molecule has 0 amide bonds. The number of benzene rings is 1. The van der Waals surface area contributed by atoms with Gasteiger partial charge in [-0.05, 0) is 43.4 Å². The topological polar surface area (TPSA) is 15.7 Å². The lowest BCUT2D eigenvalue weighted by Gasteiger charge is -2.42. The molecule has 0 N–H and O–H groups in total. The van der Waals surface area contributed by atoms with Crippen molar-refractivity contribution < 1.29 is 4.74 Å². The molecule has 3 heteroatoms. The SMILES string of the molecule is CCOc1ccc(CN2CCN(C3CCCC(C)C3)CC2)cc1. The molecule has 2 atom stereocenters. The van der Waals surface area contributed by atoms with Crippen molar-refractivity contribution >= 4 is 0 Å². The second kappa shape index (κ2) is 8.16. The zero-order valence-corrected chi connectivity index (χ0v) is 14.8. The summed E-state index contributed by atoms with van der Waals surface area (Å²) in [5.41, 5.74) is 1.40. The zero-order chi connectivity index (χ0) is 16.1. The van der Waals surface area contributed by atoms with Crippen LogP contribution in [0.25, 0.3) is 0 Å². The van der Waals surface area contributed by atoms with E-state index < -0.39 is 0 Å². The molecule has 2 fully saturated rings. The highest BCUT2D eigenvalue weighted by Gasteiger charge is 2.27. The maximum atomic E-state index is 5.52. The summed E-state index contributed by atoms with van der Waals surface area (Å²) >= 11 is 0. The Balaban J connectivity index is 1.45. The monoisotopic (exact) mass is 316 g/mol. The molecule has 1 saturated heterocycles. The highest BCUT2D eigenvalue weighted by atomic mass is 16.5. The van der Waals surface area contributed by atoms with Crippen LogP contribution in [0.4, 0.5) is 0 Å². The number of hydrogen-bond acceptors (Lipinski definition) is 3. The van der Waals surface area contributed by atoms with E-state index in [1.54, 1.807) is 0 Å². The molecular weight excluding hydrogens is 284 g/mol. The van der Waals surface area contributed by atoms with E-state index >= 15 is 0 Å². The minimum atomic E-state index is 0.737. The Morgan fingerprint density at radius 1 is 1.04 bits per heavy atom. The Hall–Kier alpha value is -1.06. The van der Waals surface area contributed by atoms with Gasteiger partial charge in [-0.3, -0.25) is 9.80 Å². The Kier molecular flexibility index (Phi) is 5.96. The van der Waals surface area contributed by atoms with Crippen LogP contribution >= 0.6 is 0 Å². The minimum absolute atomic E-state index is 0.737. The van der Waals surface area contributed by atoms with E-state index in [1.807, 2.05) is 6.92 Å². The molecule has 0 aromatic heterocycles. The molecule has 0 spiro atoms. The fraction of sp³-hybridized carbons (Fsp3) is 0.700. The van der Waals surface area contributed by atoms with Crippen LogP contribution in [0.2, 0.25) is 0 Å². The van der Waals surface area contributed by atoms with Gasteiger partial charge in [0.05, 0.1) is 6.61 Å². The van der Waals surface area contributed by atoms with Gasteiger partial charge in [0.1, 0.15) is 5.75 Å². The Bertz CT molecular complexity index is 465. The summed E-state index contributed by atoms with van der Waals surface area (Å²) < 4.78 is 5.52. The maximum absolute atomic E-state index is 5.52. The van der Waals surface area contributed by atoms with E-state index in [4.69, 9.17) is 4.74 Å². The maximum Gasteiger partial charge on any atom is 0.119 e. The highest BCUT2D eigenvalue weighted by molar-refractivity contribution is 5.27. The highest BCUT2D eigenvalue weighted by Crippen LogP contribution is 2.28. The quantitative estimate of drug-likeness (QED) is 0.822. The van der Waals surface area contributed by atoms with Crippen molar-refractivity contribution in [3.8, 4) is 5.75 Å². The standard InChI is InChI=1S/C20H32N2O/c1-3-23-20-9-7-18(8-10-20)16-21-11-13-22(14-12-21)19-6-4-5-17(2)15-19/h7-10,17,19H,3-6,11-16H2,1-2H3. The van der Waals surface area contributed by atoms with E-state index in [1.165, 1.54) is 57.4 Å². The molecule has 2 unspecified atom stereocenters. The zero-order valence-electron chi connectivity index (χ0n) is 14.8. The van der Waals surface area contributed by atoms with Gasteiger partial charge in [0.2, 0.25) is 0 Å². The van der Waals surface area contributed by atoms with Crippen molar-refractivity contribution in [2.75, 3.05) is 32.8 Å². The average molecular weight is 316 g/mol. The Morgan fingerprint density at radius 3 is 2.43 bits per heavy atom. The summed E-state index contributed by atoms with van der Waals surface area (Å²) in [6.45, 7) is 11.2. The van der Waals surface area contributed by atoms with Crippen molar-refractivity contribution in [3.05, 3.63) is 29.8 Å². The first-order chi connectivity index (χ1) is 11.2. The minimum Gasteiger partial charge on any atom is -0.494 e. The van der Waals surface area contributed by atoms with Crippen molar-refractivity contribution in [1.82, 2.24) is 9.80 Å². The fourth-order valence-electron chi connectivity index (χ4n) is 4.14. The van der Waals surface area contributed by atoms with Gasteiger partial charge in [0.15, 0.2) is 0 Å². The number of nitrogens with zero attached hydrogens (tertiary/aromatic N) is 2. The van der Waals surface area contributed by atoms with E-state index in [9.17, 15) is 0 Å². The summed E-state index contributed by atoms with van der Waals surface area (Å²) in [6.07, 6.45) is 5.70. The molecule has 23 heavy (non-hydrogen) atoms. The summed E-state index contributed by atoms with van der Waals surface area (Å²) in [5.74, 6) is 1.91. The number of hydrogen-bond donors (Lipinski definition) is 0. The number of piperazine rings is 1. The molecule has 2 aliphatic rings. The van der Waals surface area contributed by atoms with Crippen LogP contribution in [-0.4, -0.2) is 48.6 Å². The summed E-state index contributed by atoms with van der Waals surface area (Å²) in [7, 11) is 0. The molecule has 1 aromatic carbocycles. The third-order valence-corrected chi connectivity index (χ3v) is 5.47. The van der Waals surface area contributed by atoms with Gasteiger partial charge >= 0.3 is 0 Å². The van der Waals surface area contributed by atoms with Gasteiger partial charge in [0, 0.05) is 38.8 Å². The summed E-state index contributed by atoms with van der Waals surface area (Å²) in [6, 6.07) is 9.46. The van der Waals surface area contributed by atoms with Crippen LogP contribution < -0.4 is 4.74 Å². The van der Waals surface area contributed by atoms with Crippen LogP contribution in [-0.2, 0) is 6.54 Å². The summed E-state index contributed by atoms with van der Waals surface area (Å²) in [4.78, 5) is 5.35. The first-order valence-corrected chi connectivity index (χ1v) is 9.42. The van der Waals surface area contributed by atoms with Gasteiger partial charge in [-0.2, -0.15) is 0 Å². The van der Waals surface area contributed by atoms with E-state index in [0.29, 0.717) is 0 Å². The van der Waals surface area contributed by atoms with Crippen molar-refractivity contribution in [1.29, 1.82) is 0 Å². The van der Waals surface area contributed by atoms with Crippen molar-refractivity contribution in [3.63, 3.8) is 0 Å². The second-order valence-electron chi connectivity index (χ2n) is 7.31. The molecular formula is C20H32N2O. The van der Waals surface area contributed by atoms with Gasteiger partial charge < -0.3 is 4.74 Å². The Labute approximate surface area is 141 Å². The molecule has 1 aliphatic carbocycles. The van der Waals surface area contributed by atoms with Gasteiger partial charge in [-0.1, -0.05) is 31.9 Å². The molecule has 0 radical (unpaired) electrons. The van der Waals surface area contributed by atoms with Crippen LogP contribution in [0.15, 0.2) is 24.3 Å². The third-order valence-electron chi connectivity index (χ3n) is 5.47. The van der Waals surface area contributed by atoms with Gasteiger partial charge in [-0.15, -0.1) is 0 Å². The predicted octanol–water partition coefficient (Wildman–Crippen LogP) is 3.78. The molecule has 128 valence electrons. The molecule has 3 nitrogen and oxygen atoms in total. The smallest absolute Gasteiger partial charge is 0.119 e. The molecule has 1 saturated carbocycles. The van der Waals surface area contributed by atoms with Crippen LogP contribution in [0.3, 0.4) is 0 Å². The lowest BCUT2D eigenvalue weighted by molar-refractivity contribution is 0.0659. The molecule has 1 heterocycles. The number of rotatable bonds is 5. The normalized spacial score (nSPS) is 27.0. The first-order valence-electron chi connectivity index (χ1n) is 9.42. The van der Waals surface area contributed by atoms with E-state index in [0.717, 1.165) is 30.9 Å². The second-order valence-corrected chi connectivity index (χ2v) is 7.31. The van der Waals surface area contributed by atoms with Gasteiger partial charge in [-0.25, -0.2) is 0 Å². The molecule has 1 aliphatic heterocycles. The van der Waals surface area contributed by atoms with Crippen LogP contribution in [0, 0.1) is 5.92 Å². The Morgan fingerprint density at radius 2 is 1.78 bits per heavy atom. The van der Waals surface area contributed by atoms with E-state index in [-0.39, 0.29) is 0 Å². The number of ether oxygens (including phenoxy) is 1. The fourth-order valence-corrected chi connectivity index (χ4v) is 4.14.